The molecule has 0 aromatic carbocycles. The van der Waals surface area contributed by atoms with Crippen molar-refractivity contribution in [2.45, 2.75) is 41.0 Å². The van der Waals surface area contributed by atoms with E-state index in [4.69, 9.17) is 5.73 Å². The lowest BCUT2D eigenvalue weighted by Gasteiger charge is -2.24. The van der Waals surface area contributed by atoms with Crippen molar-refractivity contribution in [3.8, 4) is 0 Å². The van der Waals surface area contributed by atoms with Crippen molar-refractivity contribution in [3.05, 3.63) is 58.6 Å². The molecule has 0 aliphatic rings. The molecule has 0 aliphatic carbocycles. The molecule has 0 unspecified atom stereocenters. The highest BCUT2D eigenvalue weighted by Crippen LogP contribution is 2.26. The zero-order valence-corrected chi connectivity index (χ0v) is 19.2. The zero-order chi connectivity index (χ0) is 21.8. The number of nitrogens with zero attached hydrogens (tertiary/aromatic N) is 4. The third-order valence-electron chi connectivity index (χ3n) is 4.27. The molecule has 0 atom stereocenters. The van der Waals surface area contributed by atoms with Gasteiger partial charge in [-0.3, -0.25) is 14.8 Å². The zero-order valence-electron chi connectivity index (χ0n) is 18.3. The molecule has 0 aliphatic heterocycles. The maximum absolute atomic E-state index is 12.9. The van der Waals surface area contributed by atoms with Gasteiger partial charge in [-0.25, -0.2) is 4.31 Å². The molecular formula is C22H33N5OS. The van der Waals surface area contributed by atoms with E-state index in [0.29, 0.717) is 36.6 Å². The van der Waals surface area contributed by atoms with Crippen molar-refractivity contribution >= 4 is 29.8 Å². The summed E-state index contributed by atoms with van der Waals surface area (Å²) >= 11 is 1.65. The first kappa shape index (κ1) is 24.7. The van der Waals surface area contributed by atoms with E-state index in [1.165, 1.54) is 10.5 Å². The van der Waals surface area contributed by atoms with Crippen LogP contribution in [0.15, 0.2) is 63.5 Å². The molecule has 6 nitrogen and oxygen atoms in total. The van der Waals surface area contributed by atoms with E-state index in [1.807, 2.05) is 40.0 Å². The number of aromatic nitrogens is 1. The standard InChI is InChI=1S/C22H33N5OS/c1-7-17(4)21(8-2)29-26(6)14-12-22(28)27(9-3)20(18(5)23)16-25-19-11-10-13-24-15-19/h7-8,10-11,13,15-16H,9,12,14,23H2,1-6H3/b17-7-,20-18+,21-8+,25-16?. The van der Waals surface area contributed by atoms with Gasteiger partial charge in [-0.2, -0.15) is 0 Å². The van der Waals surface area contributed by atoms with Crippen molar-refractivity contribution in [3.63, 3.8) is 0 Å². The van der Waals surface area contributed by atoms with Gasteiger partial charge in [0, 0.05) is 36.3 Å². The molecule has 0 fully saturated rings. The molecule has 29 heavy (non-hydrogen) atoms. The highest BCUT2D eigenvalue weighted by molar-refractivity contribution is 8.01. The van der Waals surface area contributed by atoms with Crippen LogP contribution in [0.3, 0.4) is 0 Å². The highest BCUT2D eigenvalue weighted by Gasteiger charge is 2.18. The Bertz CT molecular complexity index is 780. The summed E-state index contributed by atoms with van der Waals surface area (Å²) in [5, 5.41) is 0. The van der Waals surface area contributed by atoms with Crippen LogP contribution < -0.4 is 5.73 Å². The fraction of sp³-hybridized carbons (Fsp3) is 0.409. The molecule has 158 valence electrons. The molecule has 0 saturated carbocycles. The van der Waals surface area contributed by atoms with Gasteiger partial charge in [0.05, 0.1) is 23.8 Å². The number of hydrogen-bond donors (Lipinski definition) is 1. The summed E-state index contributed by atoms with van der Waals surface area (Å²) in [6, 6.07) is 3.67. The van der Waals surface area contributed by atoms with Crippen LogP contribution in [0, 0.1) is 0 Å². The molecule has 0 radical (unpaired) electrons. The van der Waals surface area contributed by atoms with Crippen molar-refractivity contribution < 1.29 is 4.79 Å². The quantitative estimate of drug-likeness (QED) is 0.342. The van der Waals surface area contributed by atoms with E-state index in [2.05, 4.69) is 33.4 Å². The second-order valence-electron chi connectivity index (χ2n) is 6.49. The molecule has 0 spiro atoms. The van der Waals surface area contributed by atoms with Gasteiger partial charge in [-0.1, -0.05) is 12.2 Å². The van der Waals surface area contributed by atoms with Crippen LogP contribution in [0.25, 0.3) is 0 Å². The van der Waals surface area contributed by atoms with E-state index in [0.717, 1.165) is 0 Å². The van der Waals surface area contributed by atoms with Crippen LogP contribution in [0.2, 0.25) is 0 Å². The number of carbonyl (C=O) groups is 1. The van der Waals surface area contributed by atoms with Crippen LogP contribution >= 0.6 is 11.9 Å². The number of hydrogen-bond acceptors (Lipinski definition) is 6. The van der Waals surface area contributed by atoms with Crippen LogP contribution in [0.5, 0.6) is 0 Å². The van der Waals surface area contributed by atoms with Crippen molar-refractivity contribution in [1.29, 1.82) is 0 Å². The predicted molar refractivity (Wildman–Crippen MR) is 125 cm³/mol. The first-order chi connectivity index (χ1) is 13.8. The van der Waals surface area contributed by atoms with Gasteiger partial charge >= 0.3 is 0 Å². The highest BCUT2D eigenvalue weighted by atomic mass is 32.2. The van der Waals surface area contributed by atoms with Crippen LogP contribution in [0.1, 0.15) is 41.0 Å². The summed E-state index contributed by atoms with van der Waals surface area (Å²) < 4.78 is 2.08. The lowest BCUT2D eigenvalue weighted by molar-refractivity contribution is -0.128. The monoisotopic (exact) mass is 415 g/mol. The number of nitrogens with two attached hydrogens (primary N) is 1. The second kappa shape index (κ2) is 13.0. The topological polar surface area (TPSA) is 74.8 Å². The number of rotatable bonds is 10. The van der Waals surface area contributed by atoms with Gasteiger partial charge < -0.3 is 10.6 Å². The number of aliphatic imine (C=N–C) groups is 1. The number of pyridine rings is 1. The van der Waals surface area contributed by atoms with Crippen molar-refractivity contribution in [2.24, 2.45) is 10.7 Å². The fourth-order valence-electron chi connectivity index (χ4n) is 2.53. The summed E-state index contributed by atoms with van der Waals surface area (Å²) in [5.74, 6) is 0.0159. The van der Waals surface area contributed by atoms with Gasteiger partial charge in [0.2, 0.25) is 5.91 Å². The molecule has 1 aromatic heterocycles. The Morgan fingerprint density at radius 3 is 2.55 bits per heavy atom. The Kier molecular flexibility index (Phi) is 11.0. The molecule has 1 amide bonds. The summed E-state index contributed by atoms with van der Waals surface area (Å²) in [4.78, 5) is 24.2. The summed E-state index contributed by atoms with van der Waals surface area (Å²) in [5.41, 5.74) is 9.16. The number of amides is 1. The lowest BCUT2D eigenvalue weighted by atomic mass is 10.2. The molecule has 2 N–H and O–H groups in total. The maximum atomic E-state index is 12.9. The molecular weight excluding hydrogens is 382 g/mol. The third kappa shape index (κ3) is 8.25. The Hall–Kier alpha value is -2.38. The van der Waals surface area contributed by atoms with E-state index >= 15 is 0 Å². The Morgan fingerprint density at radius 2 is 2.03 bits per heavy atom. The summed E-state index contributed by atoms with van der Waals surface area (Å²) in [7, 11) is 2.00. The normalized spacial score (nSPS) is 13.8. The maximum Gasteiger partial charge on any atom is 0.228 e. The van der Waals surface area contributed by atoms with Crippen molar-refractivity contribution in [1.82, 2.24) is 14.2 Å². The van der Waals surface area contributed by atoms with E-state index in [-0.39, 0.29) is 5.91 Å². The molecule has 0 bridgehead atoms. The van der Waals surface area contributed by atoms with Crippen LogP contribution in [-0.2, 0) is 4.79 Å². The third-order valence-corrected chi connectivity index (χ3v) is 5.52. The second-order valence-corrected chi connectivity index (χ2v) is 7.74. The first-order valence-corrected chi connectivity index (χ1v) is 10.5. The average Bonchev–Trinajstić information content (AvgIpc) is 2.73. The Labute approximate surface area is 179 Å². The lowest BCUT2D eigenvalue weighted by Crippen LogP contribution is -2.34. The molecule has 7 heteroatoms. The minimum Gasteiger partial charge on any atom is -0.401 e. The van der Waals surface area contributed by atoms with Gasteiger partial charge in [0.1, 0.15) is 0 Å². The fourth-order valence-corrected chi connectivity index (χ4v) is 3.41. The molecule has 1 aromatic rings. The number of allylic oxidation sites excluding steroid dienone is 5. The minimum absolute atomic E-state index is 0.0159. The number of carbonyl (C=O) groups excluding carboxylic acids is 1. The summed E-state index contributed by atoms with van der Waals surface area (Å²) in [6.07, 6.45) is 9.56. The van der Waals surface area contributed by atoms with Gasteiger partial charge in [-0.15, -0.1) is 0 Å². The minimum atomic E-state index is 0.0159. The van der Waals surface area contributed by atoms with E-state index in [1.54, 1.807) is 42.4 Å². The SMILES string of the molecule is C/C=C(C)\C(=C/C)SN(C)CCC(=O)N(CC)/C(C=Nc1cccnc1)=C(\C)N. The van der Waals surface area contributed by atoms with Gasteiger partial charge in [-0.05, 0) is 71.3 Å². The van der Waals surface area contributed by atoms with E-state index in [9.17, 15) is 4.79 Å². The largest absolute Gasteiger partial charge is 0.401 e. The Balaban J connectivity index is 2.80. The van der Waals surface area contributed by atoms with Crippen LogP contribution in [-0.4, -0.2) is 46.4 Å². The molecule has 1 heterocycles. The first-order valence-electron chi connectivity index (χ1n) is 9.73. The van der Waals surface area contributed by atoms with Crippen molar-refractivity contribution in [2.75, 3.05) is 20.1 Å². The summed E-state index contributed by atoms with van der Waals surface area (Å²) in [6.45, 7) is 11.0. The van der Waals surface area contributed by atoms with Crippen LogP contribution in [0.4, 0.5) is 5.69 Å². The Morgan fingerprint density at radius 1 is 1.31 bits per heavy atom. The average molecular weight is 416 g/mol. The molecule has 0 saturated heterocycles. The smallest absolute Gasteiger partial charge is 0.228 e. The van der Waals surface area contributed by atoms with E-state index < -0.39 is 0 Å². The predicted octanol–water partition coefficient (Wildman–Crippen LogP) is 4.66. The van der Waals surface area contributed by atoms with Gasteiger partial charge in [0.25, 0.3) is 0 Å². The van der Waals surface area contributed by atoms with Gasteiger partial charge in [0.15, 0.2) is 0 Å². The molecule has 1 rings (SSSR count).